The van der Waals surface area contributed by atoms with Gasteiger partial charge in [0.05, 0.1) is 10.9 Å². The fourth-order valence-corrected chi connectivity index (χ4v) is 2.89. The van der Waals surface area contributed by atoms with Crippen LogP contribution in [0.3, 0.4) is 0 Å². The summed E-state index contributed by atoms with van der Waals surface area (Å²) in [5.74, 6) is -0.471. The molecule has 132 valence electrons. The van der Waals surface area contributed by atoms with E-state index in [0.717, 1.165) is 5.56 Å². The summed E-state index contributed by atoms with van der Waals surface area (Å²) in [6, 6.07) is 23.0. The van der Waals surface area contributed by atoms with Crippen LogP contribution < -0.4 is 10.2 Å². The van der Waals surface area contributed by atoms with Gasteiger partial charge in [-0.2, -0.15) is 0 Å². The second kappa shape index (κ2) is 6.92. The topological polar surface area (TPSA) is 56.5 Å². The largest absolute Gasteiger partial charge is 0.452 e. The van der Waals surface area contributed by atoms with Crippen molar-refractivity contribution >= 4 is 16.9 Å². The molecular formula is C23H16O4. The molecule has 0 aliphatic rings. The molecule has 3 aromatic carbocycles. The molecular weight excluding hydrogens is 340 g/mol. The molecule has 1 heterocycles. The Labute approximate surface area is 155 Å². The average Bonchev–Trinajstić information content (AvgIpc) is 2.71. The van der Waals surface area contributed by atoms with Crippen molar-refractivity contribution in [3.63, 3.8) is 0 Å². The van der Waals surface area contributed by atoms with E-state index in [-0.39, 0.29) is 16.9 Å². The minimum absolute atomic E-state index is 0.104. The van der Waals surface area contributed by atoms with Crippen molar-refractivity contribution < 1.29 is 13.9 Å². The summed E-state index contributed by atoms with van der Waals surface area (Å²) in [4.78, 5) is 25.7. The molecule has 0 unspecified atom stereocenters. The number of rotatable bonds is 3. The van der Waals surface area contributed by atoms with E-state index in [0.29, 0.717) is 22.1 Å². The number of hydrogen-bond acceptors (Lipinski definition) is 4. The highest BCUT2D eigenvalue weighted by molar-refractivity contribution is 5.93. The summed E-state index contributed by atoms with van der Waals surface area (Å²) in [6.07, 6.45) is 0. The van der Waals surface area contributed by atoms with E-state index in [1.807, 2.05) is 31.2 Å². The molecule has 0 N–H and O–H groups in total. The second-order valence-electron chi connectivity index (χ2n) is 6.21. The van der Waals surface area contributed by atoms with Crippen LogP contribution in [0.5, 0.6) is 5.75 Å². The van der Waals surface area contributed by atoms with Crippen molar-refractivity contribution in [1.29, 1.82) is 0 Å². The molecule has 4 rings (SSSR count). The van der Waals surface area contributed by atoms with Gasteiger partial charge in [0.25, 0.3) is 0 Å². The monoisotopic (exact) mass is 356 g/mol. The van der Waals surface area contributed by atoms with Crippen LogP contribution in [0, 0.1) is 6.92 Å². The van der Waals surface area contributed by atoms with Gasteiger partial charge in [-0.15, -0.1) is 0 Å². The minimum Gasteiger partial charge on any atom is -0.452 e. The zero-order valence-electron chi connectivity index (χ0n) is 14.6. The summed E-state index contributed by atoms with van der Waals surface area (Å²) in [5.41, 5.74) is 2.02. The van der Waals surface area contributed by atoms with E-state index in [4.69, 9.17) is 9.15 Å². The van der Waals surface area contributed by atoms with Crippen LogP contribution in [-0.4, -0.2) is 5.97 Å². The van der Waals surface area contributed by atoms with Crippen LogP contribution in [-0.2, 0) is 0 Å². The van der Waals surface area contributed by atoms with Gasteiger partial charge >= 0.3 is 5.97 Å². The Hall–Kier alpha value is -3.66. The highest BCUT2D eigenvalue weighted by Gasteiger charge is 2.21. The van der Waals surface area contributed by atoms with Gasteiger partial charge in [-0.05, 0) is 31.2 Å². The number of benzene rings is 3. The Morgan fingerprint density at radius 1 is 0.889 bits per heavy atom. The Balaban J connectivity index is 1.92. The van der Waals surface area contributed by atoms with Gasteiger partial charge in [-0.1, -0.05) is 60.2 Å². The van der Waals surface area contributed by atoms with Crippen LogP contribution in [0.2, 0.25) is 0 Å². The Morgan fingerprint density at radius 2 is 1.56 bits per heavy atom. The molecule has 1 aromatic heterocycles. The number of ether oxygens (including phenoxy) is 1. The molecule has 0 radical (unpaired) electrons. The standard InChI is InChI=1S/C23H16O4/c1-15-12-13-19-18(14-15)20(24)22(21(26-19)16-8-4-2-5-9-16)27-23(25)17-10-6-3-7-11-17/h2-14H,1H3. The Bertz CT molecular complexity index is 1180. The van der Waals surface area contributed by atoms with E-state index in [2.05, 4.69) is 0 Å². The zero-order chi connectivity index (χ0) is 18.8. The molecule has 0 saturated carbocycles. The van der Waals surface area contributed by atoms with Gasteiger partial charge in [0.15, 0.2) is 5.76 Å². The fraction of sp³-hybridized carbons (Fsp3) is 0.0435. The summed E-state index contributed by atoms with van der Waals surface area (Å²) in [7, 11) is 0. The van der Waals surface area contributed by atoms with Gasteiger partial charge in [0.1, 0.15) is 5.58 Å². The zero-order valence-corrected chi connectivity index (χ0v) is 14.6. The van der Waals surface area contributed by atoms with Crippen molar-refractivity contribution in [2.24, 2.45) is 0 Å². The summed E-state index contributed by atoms with van der Waals surface area (Å²) in [6.45, 7) is 1.89. The first-order valence-electron chi connectivity index (χ1n) is 8.53. The number of carbonyl (C=O) groups excluding carboxylic acids is 1. The molecule has 4 aromatic rings. The number of carbonyl (C=O) groups is 1. The molecule has 0 bridgehead atoms. The smallest absolute Gasteiger partial charge is 0.343 e. The van der Waals surface area contributed by atoms with Crippen molar-refractivity contribution in [3.8, 4) is 17.1 Å². The lowest BCUT2D eigenvalue weighted by atomic mass is 10.1. The molecule has 0 spiro atoms. The van der Waals surface area contributed by atoms with Crippen LogP contribution in [0.25, 0.3) is 22.3 Å². The normalized spacial score (nSPS) is 10.7. The van der Waals surface area contributed by atoms with Crippen LogP contribution >= 0.6 is 0 Å². The van der Waals surface area contributed by atoms with Crippen LogP contribution in [0.1, 0.15) is 15.9 Å². The van der Waals surface area contributed by atoms with Crippen molar-refractivity contribution in [2.45, 2.75) is 6.92 Å². The molecule has 0 atom stereocenters. The van der Waals surface area contributed by atoms with Crippen LogP contribution in [0.15, 0.2) is 88.1 Å². The second-order valence-corrected chi connectivity index (χ2v) is 6.21. The first-order chi connectivity index (χ1) is 13.1. The van der Waals surface area contributed by atoms with Gasteiger partial charge in [-0.3, -0.25) is 4.79 Å². The molecule has 4 heteroatoms. The lowest BCUT2D eigenvalue weighted by Crippen LogP contribution is -2.16. The molecule has 0 fully saturated rings. The van der Waals surface area contributed by atoms with Gasteiger partial charge in [0, 0.05) is 5.56 Å². The van der Waals surface area contributed by atoms with Crippen molar-refractivity contribution in [3.05, 3.63) is 100 Å². The number of aryl methyl sites for hydroxylation is 1. The molecule has 27 heavy (non-hydrogen) atoms. The van der Waals surface area contributed by atoms with E-state index in [9.17, 15) is 9.59 Å². The summed E-state index contributed by atoms with van der Waals surface area (Å²) >= 11 is 0. The fourth-order valence-electron chi connectivity index (χ4n) is 2.89. The number of hydrogen-bond donors (Lipinski definition) is 0. The highest BCUT2D eigenvalue weighted by Crippen LogP contribution is 2.31. The van der Waals surface area contributed by atoms with E-state index >= 15 is 0 Å². The molecule has 0 amide bonds. The number of esters is 1. The van der Waals surface area contributed by atoms with Gasteiger partial charge < -0.3 is 9.15 Å². The lowest BCUT2D eigenvalue weighted by Gasteiger charge is -2.11. The maximum absolute atomic E-state index is 13.1. The Kier molecular flexibility index (Phi) is 4.30. The molecule has 0 aliphatic heterocycles. The highest BCUT2D eigenvalue weighted by atomic mass is 16.5. The van der Waals surface area contributed by atoms with Gasteiger partial charge in [-0.25, -0.2) is 4.79 Å². The predicted octanol–water partition coefficient (Wildman–Crippen LogP) is 4.99. The van der Waals surface area contributed by atoms with Crippen molar-refractivity contribution in [2.75, 3.05) is 0 Å². The van der Waals surface area contributed by atoms with E-state index in [1.165, 1.54) is 0 Å². The maximum atomic E-state index is 13.1. The Morgan fingerprint density at radius 3 is 2.26 bits per heavy atom. The first kappa shape index (κ1) is 16.8. The SMILES string of the molecule is Cc1ccc2oc(-c3ccccc3)c(OC(=O)c3ccccc3)c(=O)c2c1. The van der Waals surface area contributed by atoms with Gasteiger partial charge in [0.2, 0.25) is 11.2 Å². The molecule has 4 nitrogen and oxygen atoms in total. The number of fused-ring (bicyclic) bond motifs is 1. The third-order valence-corrected chi connectivity index (χ3v) is 4.24. The minimum atomic E-state index is -0.605. The first-order valence-corrected chi connectivity index (χ1v) is 8.53. The third kappa shape index (κ3) is 3.25. The summed E-state index contributed by atoms with van der Waals surface area (Å²) < 4.78 is 11.5. The third-order valence-electron chi connectivity index (χ3n) is 4.24. The molecule has 0 saturated heterocycles. The average molecular weight is 356 g/mol. The quantitative estimate of drug-likeness (QED) is 0.485. The van der Waals surface area contributed by atoms with Crippen LogP contribution in [0.4, 0.5) is 0 Å². The predicted molar refractivity (Wildman–Crippen MR) is 104 cm³/mol. The lowest BCUT2D eigenvalue weighted by molar-refractivity contribution is 0.0731. The van der Waals surface area contributed by atoms with E-state index in [1.54, 1.807) is 54.6 Å². The van der Waals surface area contributed by atoms with E-state index < -0.39 is 5.97 Å². The van der Waals surface area contributed by atoms with Crippen molar-refractivity contribution in [1.82, 2.24) is 0 Å². The molecule has 0 aliphatic carbocycles. The maximum Gasteiger partial charge on any atom is 0.343 e. The summed E-state index contributed by atoms with van der Waals surface area (Å²) in [5, 5.41) is 0.380.